The lowest BCUT2D eigenvalue weighted by molar-refractivity contribution is -0.141. The predicted octanol–water partition coefficient (Wildman–Crippen LogP) is 2.06. The van der Waals surface area contributed by atoms with E-state index >= 15 is 0 Å². The lowest BCUT2D eigenvalue weighted by Gasteiger charge is -2.12. The number of hydrogen-bond donors (Lipinski definition) is 3. The molecule has 0 spiro atoms. The Labute approximate surface area is 118 Å². The van der Waals surface area contributed by atoms with Gasteiger partial charge in [0.05, 0.1) is 0 Å². The molecular weight excluding hydrogens is 312 g/mol. The van der Waals surface area contributed by atoms with E-state index in [2.05, 4.69) is 26.2 Å². The first kappa shape index (κ1) is 13.6. The highest BCUT2D eigenvalue weighted by atomic mass is 79.9. The molecular formula is C13H13BrN2O3. The summed E-state index contributed by atoms with van der Waals surface area (Å²) in [6.45, 7) is 1.31. The molecule has 1 atom stereocenters. The van der Waals surface area contributed by atoms with Crippen molar-refractivity contribution >= 4 is 38.7 Å². The fourth-order valence-corrected chi connectivity index (χ4v) is 2.35. The number of carbonyl (C=O) groups excluding carboxylic acids is 1. The Bertz CT molecular complexity index is 636. The number of fused-ring (bicyclic) bond motifs is 1. The molecule has 0 saturated heterocycles. The molecule has 0 aliphatic heterocycles. The van der Waals surface area contributed by atoms with Crippen LogP contribution in [0.5, 0.6) is 0 Å². The molecule has 1 amide bonds. The van der Waals surface area contributed by atoms with E-state index in [0.29, 0.717) is 0 Å². The summed E-state index contributed by atoms with van der Waals surface area (Å²) in [6.07, 6.45) is 2.01. The van der Waals surface area contributed by atoms with Crippen LogP contribution in [0.3, 0.4) is 0 Å². The lowest BCUT2D eigenvalue weighted by Crippen LogP contribution is -2.41. The van der Waals surface area contributed by atoms with Gasteiger partial charge < -0.3 is 15.4 Å². The van der Waals surface area contributed by atoms with Gasteiger partial charge in [-0.15, -0.1) is 0 Å². The number of halogens is 1. The summed E-state index contributed by atoms with van der Waals surface area (Å²) in [5.41, 5.74) is 1.79. The molecule has 100 valence electrons. The molecule has 2 rings (SSSR count). The van der Waals surface area contributed by atoms with Gasteiger partial charge in [-0.25, -0.2) is 4.79 Å². The van der Waals surface area contributed by atoms with E-state index in [-0.39, 0.29) is 12.3 Å². The summed E-state index contributed by atoms with van der Waals surface area (Å²) < 4.78 is 0.923. The van der Waals surface area contributed by atoms with Gasteiger partial charge >= 0.3 is 5.97 Å². The van der Waals surface area contributed by atoms with Gasteiger partial charge in [-0.05, 0) is 23.8 Å². The zero-order valence-corrected chi connectivity index (χ0v) is 11.8. The van der Waals surface area contributed by atoms with Gasteiger partial charge in [-0.2, -0.15) is 0 Å². The fourth-order valence-electron chi connectivity index (χ4n) is 1.98. The number of hydrogen-bond acceptors (Lipinski definition) is 2. The minimum absolute atomic E-state index is 0.241. The number of carboxylic acid groups (broad SMARTS) is 1. The average molecular weight is 325 g/mol. The van der Waals surface area contributed by atoms with Crippen molar-refractivity contribution in [1.29, 1.82) is 0 Å². The van der Waals surface area contributed by atoms with Crippen molar-refractivity contribution in [2.24, 2.45) is 0 Å². The van der Waals surface area contributed by atoms with Crippen molar-refractivity contribution < 1.29 is 14.7 Å². The highest BCUT2D eigenvalue weighted by molar-refractivity contribution is 9.10. The van der Waals surface area contributed by atoms with Gasteiger partial charge in [0, 0.05) is 34.9 Å². The summed E-state index contributed by atoms with van der Waals surface area (Å²) in [5.74, 6) is -1.40. The second kappa shape index (κ2) is 5.44. The lowest BCUT2D eigenvalue weighted by atomic mass is 10.1. The first-order valence-corrected chi connectivity index (χ1v) is 6.52. The largest absolute Gasteiger partial charge is 0.480 e. The minimum Gasteiger partial charge on any atom is -0.480 e. The SMILES string of the molecule is CC(=O)N[C@H](Cc1c[nH]c2ccc(Br)cc12)C(=O)O. The van der Waals surface area contributed by atoms with Crippen LogP contribution < -0.4 is 5.32 Å². The van der Waals surface area contributed by atoms with Crippen LogP contribution in [-0.2, 0) is 16.0 Å². The summed E-state index contributed by atoms with van der Waals surface area (Å²) >= 11 is 3.39. The maximum Gasteiger partial charge on any atom is 0.326 e. The Balaban J connectivity index is 2.31. The predicted molar refractivity (Wildman–Crippen MR) is 74.9 cm³/mol. The third-order valence-corrected chi connectivity index (χ3v) is 3.32. The number of aromatic nitrogens is 1. The van der Waals surface area contributed by atoms with E-state index in [1.165, 1.54) is 6.92 Å². The van der Waals surface area contributed by atoms with E-state index in [0.717, 1.165) is 20.9 Å². The monoisotopic (exact) mass is 324 g/mol. The fraction of sp³-hybridized carbons (Fsp3) is 0.231. The topological polar surface area (TPSA) is 82.2 Å². The van der Waals surface area contributed by atoms with Crippen molar-refractivity contribution in [2.45, 2.75) is 19.4 Å². The number of benzene rings is 1. The third kappa shape index (κ3) is 3.14. The average Bonchev–Trinajstić information content (AvgIpc) is 2.70. The summed E-state index contributed by atoms with van der Waals surface area (Å²) in [4.78, 5) is 25.2. The van der Waals surface area contributed by atoms with Crippen molar-refractivity contribution in [3.05, 3.63) is 34.4 Å². The van der Waals surface area contributed by atoms with Crippen LogP contribution in [0.4, 0.5) is 0 Å². The van der Waals surface area contributed by atoms with Gasteiger partial charge in [-0.1, -0.05) is 15.9 Å². The molecule has 3 N–H and O–H groups in total. The quantitative estimate of drug-likeness (QED) is 0.805. The molecule has 19 heavy (non-hydrogen) atoms. The van der Waals surface area contributed by atoms with Crippen LogP contribution in [0.25, 0.3) is 10.9 Å². The highest BCUT2D eigenvalue weighted by Crippen LogP contribution is 2.23. The van der Waals surface area contributed by atoms with Gasteiger partial charge in [0.1, 0.15) is 6.04 Å². The molecule has 1 aromatic carbocycles. The van der Waals surface area contributed by atoms with Crippen molar-refractivity contribution in [1.82, 2.24) is 10.3 Å². The maximum atomic E-state index is 11.1. The Morgan fingerprint density at radius 3 is 2.84 bits per heavy atom. The van der Waals surface area contributed by atoms with Gasteiger partial charge in [0.2, 0.25) is 5.91 Å². The van der Waals surface area contributed by atoms with Crippen LogP contribution >= 0.6 is 15.9 Å². The summed E-state index contributed by atoms with van der Waals surface area (Å²) in [7, 11) is 0. The smallest absolute Gasteiger partial charge is 0.326 e. The Morgan fingerprint density at radius 2 is 2.21 bits per heavy atom. The second-order valence-electron chi connectivity index (χ2n) is 4.30. The highest BCUT2D eigenvalue weighted by Gasteiger charge is 2.20. The molecule has 0 bridgehead atoms. The van der Waals surface area contributed by atoms with E-state index in [4.69, 9.17) is 5.11 Å². The number of rotatable bonds is 4. The van der Waals surface area contributed by atoms with Crippen LogP contribution in [0.15, 0.2) is 28.9 Å². The standard InChI is InChI=1S/C13H13BrN2O3/c1-7(17)16-12(13(18)19)4-8-6-15-11-3-2-9(14)5-10(8)11/h2-3,5-6,12,15H,4H2,1H3,(H,16,17)(H,18,19)/t12-/m1/s1. The van der Waals surface area contributed by atoms with Crippen molar-refractivity contribution in [3.63, 3.8) is 0 Å². The molecule has 5 nitrogen and oxygen atoms in total. The molecule has 2 aromatic rings. The van der Waals surface area contributed by atoms with Gasteiger partial charge in [0.15, 0.2) is 0 Å². The molecule has 0 aliphatic carbocycles. The summed E-state index contributed by atoms with van der Waals surface area (Å²) in [6, 6.07) is 4.83. The molecule has 1 aromatic heterocycles. The minimum atomic E-state index is -1.04. The molecule has 0 saturated carbocycles. The van der Waals surface area contributed by atoms with Crippen LogP contribution in [0.2, 0.25) is 0 Å². The van der Waals surface area contributed by atoms with Gasteiger partial charge in [-0.3, -0.25) is 4.79 Å². The Hall–Kier alpha value is -1.82. The van der Waals surface area contributed by atoms with Crippen molar-refractivity contribution in [3.8, 4) is 0 Å². The zero-order chi connectivity index (χ0) is 14.0. The van der Waals surface area contributed by atoms with Crippen LogP contribution in [-0.4, -0.2) is 28.0 Å². The molecule has 0 aliphatic rings. The third-order valence-electron chi connectivity index (χ3n) is 2.83. The Morgan fingerprint density at radius 1 is 1.47 bits per heavy atom. The number of nitrogens with one attached hydrogen (secondary N) is 2. The first-order valence-electron chi connectivity index (χ1n) is 5.73. The molecule has 0 unspecified atom stereocenters. The number of amides is 1. The molecule has 0 fully saturated rings. The Kier molecular flexibility index (Phi) is 3.90. The van der Waals surface area contributed by atoms with E-state index in [1.54, 1.807) is 6.20 Å². The number of carbonyl (C=O) groups is 2. The first-order chi connectivity index (χ1) is 8.97. The number of aromatic amines is 1. The van der Waals surface area contributed by atoms with Crippen LogP contribution in [0, 0.1) is 0 Å². The van der Waals surface area contributed by atoms with E-state index < -0.39 is 12.0 Å². The number of carboxylic acids is 1. The normalized spacial score (nSPS) is 12.3. The second-order valence-corrected chi connectivity index (χ2v) is 5.21. The summed E-state index contributed by atoms with van der Waals surface area (Å²) in [5, 5.41) is 12.5. The number of aliphatic carboxylic acids is 1. The van der Waals surface area contributed by atoms with E-state index in [9.17, 15) is 9.59 Å². The molecule has 1 heterocycles. The van der Waals surface area contributed by atoms with Crippen molar-refractivity contribution in [2.75, 3.05) is 0 Å². The maximum absolute atomic E-state index is 11.1. The molecule has 0 radical (unpaired) electrons. The zero-order valence-electron chi connectivity index (χ0n) is 10.2. The van der Waals surface area contributed by atoms with Gasteiger partial charge in [0.25, 0.3) is 0 Å². The van der Waals surface area contributed by atoms with Crippen LogP contribution in [0.1, 0.15) is 12.5 Å². The number of H-pyrrole nitrogens is 1. The van der Waals surface area contributed by atoms with E-state index in [1.807, 2.05) is 18.2 Å². The molecule has 6 heteroatoms.